The topological polar surface area (TPSA) is 0 Å². The molecule has 2 aliphatic carbocycles. The van der Waals surface area contributed by atoms with Crippen LogP contribution in [-0.2, 0) is 0 Å². The van der Waals surface area contributed by atoms with Gasteiger partial charge in [0, 0.05) is 10.5 Å². The molecule has 1 heteroatoms. The molecular weight excluding hydrogens is 200 g/mol. The summed E-state index contributed by atoms with van der Waals surface area (Å²) >= 11 is 2.36. The Hall–Kier alpha value is 0.350. The monoisotopic (exact) mass is 226 g/mol. The van der Waals surface area contributed by atoms with Gasteiger partial charge in [-0.15, -0.1) is 0 Å². The molecule has 0 spiro atoms. The molecular formula is C14H26S. The molecule has 0 amide bonds. The average Bonchev–Trinajstić information content (AvgIpc) is 2.24. The van der Waals surface area contributed by atoms with Gasteiger partial charge in [-0.05, 0) is 37.5 Å². The second kappa shape index (κ2) is 5.61. The second-order valence-corrected chi connectivity index (χ2v) is 7.22. The van der Waals surface area contributed by atoms with Crippen molar-refractivity contribution in [1.29, 1.82) is 0 Å². The van der Waals surface area contributed by atoms with Crippen molar-refractivity contribution < 1.29 is 0 Å². The quantitative estimate of drug-likeness (QED) is 0.647. The van der Waals surface area contributed by atoms with Crippen LogP contribution in [0.15, 0.2) is 0 Å². The van der Waals surface area contributed by atoms with Gasteiger partial charge in [0.05, 0.1) is 0 Å². The van der Waals surface area contributed by atoms with E-state index in [1.165, 1.54) is 51.4 Å². The zero-order chi connectivity index (χ0) is 10.7. The molecule has 4 unspecified atom stereocenters. The van der Waals surface area contributed by atoms with E-state index in [4.69, 9.17) is 0 Å². The molecule has 0 aromatic carbocycles. The maximum atomic E-state index is 2.48. The minimum atomic E-state index is 0.984. The van der Waals surface area contributed by atoms with Gasteiger partial charge in [-0.25, -0.2) is 0 Å². The van der Waals surface area contributed by atoms with Gasteiger partial charge in [-0.3, -0.25) is 0 Å². The van der Waals surface area contributed by atoms with Crippen molar-refractivity contribution in [3.63, 3.8) is 0 Å². The fraction of sp³-hybridized carbons (Fsp3) is 1.00. The van der Waals surface area contributed by atoms with Crippen LogP contribution in [0.5, 0.6) is 0 Å². The number of hydrogen-bond acceptors (Lipinski definition) is 1. The fourth-order valence-electron chi connectivity index (χ4n) is 3.19. The highest BCUT2D eigenvalue weighted by atomic mass is 32.2. The van der Waals surface area contributed by atoms with Crippen molar-refractivity contribution in [2.75, 3.05) is 0 Å². The van der Waals surface area contributed by atoms with Gasteiger partial charge in [0.1, 0.15) is 0 Å². The van der Waals surface area contributed by atoms with Crippen molar-refractivity contribution >= 4 is 11.8 Å². The first-order valence-corrected chi connectivity index (χ1v) is 7.87. The first-order valence-electron chi connectivity index (χ1n) is 6.93. The molecule has 2 saturated carbocycles. The normalized spacial score (nSPS) is 42.8. The Balaban J connectivity index is 1.83. The molecule has 0 N–H and O–H groups in total. The SMILES string of the molecule is CC1CCCCC1SC1CCCCC1C. The Kier molecular flexibility index (Phi) is 4.42. The molecule has 0 aromatic rings. The largest absolute Gasteiger partial charge is 0.155 e. The lowest BCUT2D eigenvalue weighted by molar-refractivity contribution is 0.377. The first kappa shape index (κ1) is 11.8. The van der Waals surface area contributed by atoms with Crippen molar-refractivity contribution in [1.82, 2.24) is 0 Å². The highest BCUT2D eigenvalue weighted by Gasteiger charge is 2.28. The fourth-order valence-corrected chi connectivity index (χ4v) is 5.06. The van der Waals surface area contributed by atoms with E-state index in [9.17, 15) is 0 Å². The first-order chi connectivity index (χ1) is 7.27. The maximum Gasteiger partial charge on any atom is 0.00755 e. The standard InChI is InChI=1S/C14H26S/c1-11-7-3-5-9-13(11)15-14-10-6-4-8-12(14)2/h11-14H,3-10H2,1-2H3. The molecule has 0 bridgehead atoms. The number of rotatable bonds is 2. The molecule has 0 heterocycles. The van der Waals surface area contributed by atoms with Gasteiger partial charge >= 0.3 is 0 Å². The summed E-state index contributed by atoms with van der Waals surface area (Å²) < 4.78 is 0. The van der Waals surface area contributed by atoms with Crippen molar-refractivity contribution in [2.45, 2.75) is 75.7 Å². The van der Waals surface area contributed by atoms with Crippen LogP contribution in [0.3, 0.4) is 0 Å². The Morgan fingerprint density at radius 1 is 0.667 bits per heavy atom. The molecule has 2 aliphatic rings. The van der Waals surface area contributed by atoms with Gasteiger partial charge in [0.25, 0.3) is 0 Å². The van der Waals surface area contributed by atoms with E-state index in [2.05, 4.69) is 25.6 Å². The van der Waals surface area contributed by atoms with E-state index in [0.717, 1.165) is 22.3 Å². The summed E-state index contributed by atoms with van der Waals surface area (Å²) in [5.74, 6) is 1.97. The molecule has 0 nitrogen and oxygen atoms in total. The Bertz CT molecular complexity index is 170. The van der Waals surface area contributed by atoms with E-state index < -0.39 is 0 Å². The molecule has 15 heavy (non-hydrogen) atoms. The van der Waals surface area contributed by atoms with Crippen molar-refractivity contribution in [3.8, 4) is 0 Å². The highest BCUT2D eigenvalue weighted by molar-refractivity contribution is 8.00. The lowest BCUT2D eigenvalue weighted by atomic mass is 9.90. The van der Waals surface area contributed by atoms with Gasteiger partial charge in [-0.1, -0.05) is 39.5 Å². The average molecular weight is 226 g/mol. The van der Waals surface area contributed by atoms with Crippen LogP contribution in [0.1, 0.15) is 65.2 Å². The lowest BCUT2D eigenvalue weighted by Gasteiger charge is -2.35. The number of hydrogen-bond donors (Lipinski definition) is 0. The third-order valence-electron chi connectivity index (χ3n) is 4.42. The minimum Gasteiger partial charge on any atom is -0.155 e. The Morgan fingerprint density at radius 3 is 1.47 bits per heavy atom. The number of thioether (sulfide) groups is 1. The maximum absolute atomic E-state index is 2.48. The van der Waals surface area contributed by atoms with Gasteiger partial charge < -0.3 is 0 Å². The zero-order valence-corrected chi connectivity index (χ0v) is 11.2. The van der Waals surface area contributed by atoms with Gasteiger partial charge in [-0.2, -0.15) is 11.8 Å². The van der Waals surface area contributed by atoms with Crippen LogP contribution in [0, 0.1) is 11.8 Å². The lowest BCUT2D eigenvalue weighted by Crippen LogP contribution is -2.27. The summed E-state index contributed by atoms with van der Waals surface area (Å²) in [6.07, 6.45) is 11.9. The summed E-state index contributed by atoms with van der Waals surface area (Å²) in [5.41, 5.74) is 0. The highest BCUT2D eigenvalue weighted by Crippen LogP contribution is 2.41. The summed E-state index contributed by atoms with van der Waals surface area (Å²) in [7, 11) is 0. The van der Waals surface area contributed by atoms with E-state index in [1.807, 2.05) is 0 Å². The zero-order valence-electron chi connectivity index (χ0n) is 10.4. The predicted molar refractivity (Wildman–Crippen MR) is 70.4 cm³/mol. The molecule has 2 rings (SSSR count). The van der Waals surface area contributed by atoms with Crippen LogP contribution in [0.4, 0.5) is 0 Å². The third kappa shape index (κ3) is 3.15. The van der Waals surface area contributed by atoms with E-state index in [-0.39, 0.29) is 0 Å². The summed E-state index contributed by atoms with van der Waals surface area (Å²) in [6.45, 7) is 4.95. The van der Waals surface area contributed by atoms with Crippen LogP contribution in [0.2, 0.25) is 0 Å². The molecule has 0 radical (unpaired) electrons. The summed E-state index contributed by atoms with van der Waals surface area (Å²) in [5, 5.41) is 1.98. The van der Waals surface area contributed by atoms with Gasteiger partial charge in [0.2, 0.25) is 0 Å². The van der Waals surface area contributed by atoms with Crippen LogP contribution in [0.25, 0.3) is 0 Å². The van der Waals surface area contributed by atoms with Crippen LogP contribution < -0.4 is 0 Å². The Labute approximate surface area is 99.6 Å². The second-order valence-electron chi connectivity index (χ2n) is 5.74. The summed E-state index contributed by atoms with van der Waals surface area (Å²) in [6, 6.07) is 0. The molecule has 0 aliphatic heterocycles. The van der Waals surface area contributed by atoms with Gasteiger partial charge in [0.15, 0.2) is 0 Å². The molecule has 2 fully saturated rings. The molecule has 88 valence electrons. The van der Waals surface area contributed by atoms with E-state index >= 15 is 0 Å². The van der Waals surface area contributed by atoms with E-state index in [0.29, 0.717) is 0 Å². The Morgan fingerprint density at radius 2 is 1.07 bits per heavy atom. The minimum absolute atomic E-state index is 0.984. The van der Waals surface area contributed by atoms with Crippen LogP contribution >= 0.6 is 11.8 Å². The molecule has 0 saturated heterocycles. The molecule has 4 atom stereocenters. The van der Waals surface area contributed by atoms with E-state index in [1.54, 1.807) is 0 Å². The van der Waals surface area contributed by atoms with Crippen LogP contribution in [-0.4, -0.2) is 10.5 Å². The predicted octanol–water partition coefficient (Wildman–Crippen LogP) is 4.88. The smallest absolute Gasteiger partial charge is 0.00755 e. The van der Waals surface area contributed by atoms with Crippen molar-refractivity contribution in [3.05, 3.63) is 0 Å². The summed E-state index contributed by atoms with van der Waals surface area (Å²) in [4.78, 5) is 0. The van der Waals surface area contributed by atoms with Crippen molar-refractivity contribution in [2.24, 2.45) is 11.8 Å². The molecule has 0 aromatic heterocycles. The third-order valence-corrected chi connectivity index (χ3v) is 6.51.